The third-order valence-electron chi connectivity index (χ3n) is 4.92. The fourth-order valence-electron chi connectivity index (χ4n) is 3.20. The van der Waals surface area contributed by atoms with Gasteiger partial charge in [-0.1, -0.05) is 18.5 Å². The summed E-state index contributed by atoms with van der Waals surface area (Å²) in [5.74, 6) is 1.29. The van der Waals surface area contributed by atoms with Crippen LogP contribution in [0.2, 0.25) is 5.02 Å². The molecule has 0 spiro atoms. The quantitative estimate of drug-likeness (QED) is 0.823. The molecule has 7 nitrogen and oxygen atoms in total. The van der Waals surface area contributed by atoms with E-state index in [9.17, 15) is 9.59 Å². The number of likely N-dealkylation sites (tertiary alicyclic amines) is 1. The van der Waals surface area contributed by atoms with Crippen LogP contribution in [-0.4, -0.2) is 41.9 Å². The van der Waals surface area contributed by atoms with Gasteiger partial charge in [0.1, 0.15) is 11.5 Å². The fraction of sp³-hybridized carbons (Fsp3) is 0.450. The topological polar surface area (TPSA) is 84.7 Å². The van der Waals surface area contributed by atoms with Crippen LogP contribution in [0, 0.1) is 12.8 Å². The molecule has 0 saturated carbocycles. The van der Waals surface area contributed by atoms with E-state index in [1.54, 1.807) is 19.1 Å². The minimum Gasteiger partial charge on any atom is -0.496 e. The van der Waals surface area contributed by atoms with Crippen molar-refractivity contribution in [3.8, 4) is 5.75 Å². The highest BCUT2D eigenvalue weighted by Crippen LogP contribution is 2.23. The van der Waals surface area contributed by atoms with Crippen LogP contribution in [0.3, 0.4) is 0 Å². The lowest BCUT2D eigenvalue weighted by Gasteiger charge is -2.29. The first-order chi connectivity index (χ1) is 13.4. The molecule has 2 heterocycles. The Labute approximate surface area is 169 Å². The molecule has 0 radical (unpaired) electrons. The number of hydrogen-bond acceptors (Lipinski definition) is 5. The van der Waals surface area contributed by atoms with Crippen LogP contribution in [0.15, 0.2) is 22.6 Å². The number of aryl methyl sites for hydroxylation is 1. The average molecular weight is 406 g/mol. The minimum absolute atomic E-state index is 0.0552. The highest BCUT2D eigenvalue weighted by atomic mass is 35.5. The Morgan fingerprint density at radius 1 is 1.36 bits per heavy atom. The predicted molar refractivity (Wildman–Crippen MR) is 105 cm³/mol. The predicted octanol–water partition coefficient (Wildman–Crippen LogP) is 3.45. The summed E-state index contributed by atoms with van der Waals surface area (Å²) in [6.07, 6.45) is 1.99. The molecule has 150 valence electrons. The third-order valence-corrected chi connectivity index (χ3v) is 5.16. The molecule has 1 aliphatic rings. The van der Waals surface area contributed by atoms with E-state index in [4.69, 9.17) is 20.8 Å². The van der Waals surface area contributed by atoms with E-state index >= 15 is 0 Å². The summed E-state index contributed by atoms with van der Waals surface area (Å²) in [5.41, 5.74) is 0.621. The van der Waals surface area contributed by atoms with E-state index < -0.39 is 0 Å². The number of nitrogens with zero attached hydrogens (tertiary/aromatic N) is 2. The molecular weight excluding hydrogens is 382 g/mol. The lowest BCUT2D eigenvalue weighted by Crippen LogP contribution is -2.38. The molecule has 1 aromatic heterocycles. The number of rotatable bonds is 5. The molecule has 2 amide bonds. The summed E-state index contributed by atoms with van der Waals surface area (Å²) in [5, 5.41) is 3.16. The largest absolute Gasteiger partial charge is 0.496 e. The molecule has 2 aromatic rings. The van der Waals surface area contributed by atoms with Crippen molar-refractivity contribution in [1.29, 1.82) is 0 Å². The smallest absolute Gasteiger partial charge is 0.276 e. The molecule has 1 N–H and O–H groups in total. The summed E-state index contributed by atoms with van der Waals surface area (Å²) in [4.78, 5) is 31.3. The molecule has 8 heteroatoms. The second-order valence-electron chi connectivity index (χ2n) is 7.01. The molecule has 1 saturated heterocycles. The molecule has 0 atom stereocenters. The van der Waals surface area contributed by atoms with Crippen molar-refractivity contribution in [3.05, 3.63) is 46.1 Å². The minimum atomic E-state index is -0.368. The second-order valence-corrected chi connectivity index (χ2v) is 7.45. The maximum atomic E-state index is 12.7. The van der Waals surface area contributed by atoms with Gasteiger partial charge in [-0.15, -0.1) is 0 Å². The molecule has 28 heavy (non-hydrogen) atoms. The van der Waals surface area contributed by atoms with Gasteiger partial charge in [0, 0.05) is 18.1 Å². The summed E-state index contributed by atoms with van der Waals surface area (Å²) in [7, 11) is 1.48. The normalized spacial score (nSPS) is 14.8. The first kappa shape index (κ1) is 20.2. The fourth-order valence-corrected chi connectivity index (χ4v) is 3.37. The van der Waals surface area contributed by atoms with Gasteiger partial charge in [-0.3, -0.25) is 9.59 Å². The van der Waals surface area contributed by atoms with Gasteiger partial charge >= 0.3 is 0 Å². The number of ether oxygens (including phenoxy) is 1. The van der Waals surface area contributed by atoms with E-state index in [1.807, 2.05) is 4.90 Å². The van der Waals surface area contributed by atoms with Crippen LogP contribution >= 0.6 is 11.6 Å². The Balaban J connectivity index is 1.66. The number of piperidine rings is 1. The van der Waals surface area contributed by atoms with Crippen LogP contribution in [0.4, 0.5) is 0 Å². The van der Waals surface area contributed by atoms with Crippen molar-refractivity contribution >= 4 is 23.4 Å². The van der Waals surface area contributed by atoms with E-state index in [-0.39, 0.29) is 24.2 Å². The van der Waals surface area contributed by atoms with Crippen molar-refractivity contribution in [3.63, 3.8) is 0 Å². The second kappa shape index (κ2) is 8.65. The molecule has 3 rings (SSSR count). The van der Waals surface area contributed by atoms with Gasteiger partial charge < -0.3 is 19.4 Å². The van der Waals surface area contributed by atoms with Crippen molar-refractivity contribution in [1.82, 2.24) is 15.2 Å². The van der Waals surface area contributed by atoms with E-state index in [0.29, 0.717) is 33.7 Å². The van der Waals surface area contributed by atoms with Crippen LogP contribution in [0.1, 0.15) is 52.3 Å². The number of oxazole rings is 1. The standard InChI is InChI=1S/C20H24ClN3O4/c1-12-6-8-24(9-7-12)20(26)18-13(2)28-17(23-18)11-22-19(25)15-10-14(21)4-5-16(15)27-3/h4-5,10,12H,6-9,11H2,1-3H3,(H,22,25). The third kappa shape index (κ3) is 4.47. The van der Waals surface area contributed by atoms with Crippen molar-refractivity contribution in [2.24, 2.45) is 5.92 Å². The highest BCUT2D eigenvalue weighted by molar-refractivity contribution is 6.31. The van der Waals surface area contributed by atoms with Gasteiger partial charge in [0.05, 0.1) is 19.2 Å². The number of aromatic nitrogens is 1. The SMILES string of the molecule is COc1ccc(Cl)cc1C(=O)NCc1nc(C(=O)N2CCC(C)CC2)c(C)o1. The molecular formula is C20H24ClN3O4. The average Bonchev–Trinajstić information content (AvgIpc) is 3.06. The number of methoxy groups -OCH3 is 1. The lowest BCUT2D eigenvalue weighted by molar-refractivity contribution is 0.0690. The van der Waals surface area contributed by atoms with Crippen LogP contribution < -0.4 is 10.1 Å². The van der Waals surface area contributed by atoms with Gasteiger partial charge in [-0.2, -0.15) is 0 Å². The molecule has 1 aliphatic heterocycles. The van der Waals surface area contributed by atoms with Gasteiger partial charge in [0.25, 0.3) is 11.8 Å². The Morgan fingerprint density at radius 2 is 2.07 bits per heavy atom. The number of hydrogen-bond donors (Lipinski definition) is 1. The number of carbonyl (C=O) groups is 2. The number of nitrogens with one attached hydrogen (secondary N) is 1. The number of benzene rings is 1. The zero-order valence-electron chi connectivity index (χ0n) is 16.3. The number of amides is 2. The maximum Gasteiger partial charge on any atom is 0.276 e. The lowest BCUT2D eigenvalue weighted by atomic mass is 9.99. The first-order valence-corrected chi connectivity index (χ1v) is 9.64. The van der Waals surface area contributed by atoms with E-state index in [2.05, 4.69) is 17.2 Å². The summed E-state index contributed by atoms with van der Waals surface area (Å²) >= 11 is 5.97. The molecule has 0 unspecified atom stereocenters. The van der Waals surface area contributed by atoms with Crippen LogP contribution in [-0.2, 0) is 6.54 Å². The Kier molecular flexibility index (Phi) is 6.24. The molecule has 1 fully saturated rings. The molecule has 1 aromatic carbocycles. The summed E-state index contributed by atoms with van der Waals surface area (Å²) in [6.45, 7) is 5.41. The van der Waals surface area contributed by atoms with Gasteiger partial charge in [-0.05, 0) is 43.9 Å². The zero-order valence-corrected chi connectivity index (χ0v) is 17.0. The van der Waals surface area contributed by atoms with Gasteiger partial charge in [0.2, 0.25) is 5.89 Å². The van der Waals surface area contributed by atoms with Crippen molar-refractivity contribution in [2.75, 3.05) is 20.2 Å². The number of carbonyl (C=O) groups excluding carboxylic acids is 2. The zero-order chi connectivity index (χ0) is 20.3. The Hall–Kier alpha value is -2.54. The maximum absolute atomic E-state index is 12.7. The monoisotopic (exact) mass is 405 g/mol. The van der Waals surface area contributed by atoms with E-state index in [0.717, 1.165) is 25.9 Å². The highest BCUT2D eigenvalue weighted by Gasteiger charge is 2.26. The number of halogens is 1. The Morgan fingerprint density at radius 3 is 2.75 bits per heavy atom. The van der Waals surface area contributed by atoms with Crippen molar-refractivity contribution in [2.45, 2.75) is 33.2 Å². The Bertz CT molecular complexity index is 872. The first-order valence-electron chi connectivity index (χ1n) is 9.26. The van der Waals surface area contributed by atoms with Gasteiger partial charge in [0.15, 0.2) is 5.69 Å². The van der Waals surface area contributed by atoms with Crippen LogP contribution in [0.5, 0.6) is 5.75 Å². The molecule has 0 bridgehead atoms. The summed E-state index contributed by atoms with van der Waals surface area (Å²) in [6, 6.07) is 4.81. The van der Waals surface area contributed by atoms with Crippen LogP contribution in [0.25, 0.3) is 0 Å². The summed E-state index contributed by atoms with van der Waals surface area (Å²) < 4.78 is 10.8. The van der Waals surface area contributed by atoms with Crippen molar-refractivity contribution < 1.29 is 18.7 Å². The molecule has 0 aliphatic carbocycles. The van der Waals surface area contributed by atoms with E-state index in [1.165, 1.54) is 13.2 Å². The van der Waals surface area contributed by atoms with Gasteiger partial charge in [-0.25, -0.2) is 4.98 Å².